The third-order valence-electron chi connectivity index (χ3n) is 2.82. The molecule has 0 aromatic heterocycles. The number of halogens is 2. The van der Waals surface area contributed by atoms with Crippen molar-refractivity contribution >= 4 is 28.9 Å². The fourth-order valence-electron chi connectivity index (χ4n) is 1.81. The largest absolute Gasteiger partial charge is 0.495 e. The Labute approximate surface area is 127 Å². The highest BCUT2D eigenvalue weighted by Crippen LogP contribution is 2.30. The summed E-state index contributed by atoms with van der Waals surface area (Å²) in [4.78, 5) is 0. The average molecular weight is 307 g/mol. The molecule has 0 atom stereocenters. The minimum Gasteiger partial charge on any atom is -0.495 e. The Hall–Kier alpha value is -1.89. The molecule has 0 amide bonds. The first-order valence-electron chi connectivity index (χ1n) is 5.90. The number of para-hydroxylation sites is 1. The number of hydrogen-bond acceptors (Lipinski definition) is 3. The number of nitrogens with one attached hydrogen (secondary N) is 1. The SMILES string of the molecule is COc1ccc(CNc2c(Cl)cccc2Cl)cc1C#N. The van der Waals surface area contributed by atoms with E-state index >= 15 is 0 Å². The summed E-state index contributed by atoms with van der Waals surface area (Å²) >= 11 is 12.2. The van der Waals surface area contributed by atoms with Crippen LogP contribution in [0.4, 0.5) is 5.69 Å². The van der Waals surface area contributed by atoms with Crippen molar-refractivity contribution in [2.24, 2.45) is 0 Å². The van der Waals surface area contributed by atoms with E-state index in [0.29, 0.717) is 33.6 Å². The summed E-state index contributed by atoms with van der Waals surface area (Å²) in [5.41, 5.74) is 2.13. The zero-order valence-electron chi connectivity index (χ0n) is 10.8. The van der Waals surface area contributed by atoms with Gasteiger partial charge < -0.3 is 10.1 Å². The van der Waals surface area contributed by atoms with Gasteiger partial charge in [-0.3, -0.25) is 0 Å². The van der Waals surface area contributed by atoms with Crippen molar-refractivity contribution in [3.05, 3.63) is 57.6 Å². The molecule has 5 heteroatoms. The summed E-state index contributed by atoms with van der Waals surface area (Å²) in [5, 5.41) is 13.4. The second-order valence-corrected chi connectivity index (χ2v) is 4.91. The van der Waals surface area contributed by atoms with Gasteiger partial charge in [0.25, 0.3) is 0 Å². The van der Waals surface area contributed by atoms with Crippen molar-refractivity contribution in [3.63, 3.8) is 0 Å². The lowest BCUT2D eigenvalue weighted by molar-refractivity contribution is 0.413. The van der Waals surface area contributed by atoms with Gasteiger partial charge in [0, 0.05) is 6.54 Å². The maximum Gasteiger partial charge on any atom is 0.136 e. The Balaban J connectivity index is 2.18. The average Bonchev–Trinajstić information content (AvgIpc) is 2.46. The molecule has 3 nitrogen and oxygen atoms in total. The minimum atomic E-state index is 0.497. The Bertz CT molecular complexity index is 645. The Morgan fingerprint density at radius 3 is 2.50 bits per heavy atom. The summed E-state index contributed by atoms with van der Waals surface area (Å²) in [6, 6.07) is 12.9. The summed E-state index contributed by atoms with van der Waals surface area (Å²) in [6.07, 6.45) is 0. The fraction of sp³-hybridized carbons (Fsp3) is 0.133. The molecule has 1 N–H and O–H groups in total. The number of hydrogen-bond donors (Lipinski definition) is 1. The fourth-order valence-corrected chi connectivity index (χ4v) is 2.34. The molecule has 0 aliphatic rings. The van der Waals surface area contributed by atoms with Gasteiger partial charge in [0.05, 0.1) is 28.4 Å². The molecule has 102 valence electrons. The predicted molar refractivity (Wildman–Crippen MR) is 81.5 cm³/mol. The highest BCUT2D eigenvalue weighted by Gasteiger charge is 2.07. The second-order valence-electron chi connectivity index (χ2n) is 4.10. The molecule has 0 fully saturated rings. The van der Waals surface area contributed by atoms with Crippen molar-refractivity contribution < 1.29 is 4.74 Å². The lowest BCUT2D eigenvalue weighted by Crippen LogP contribution is -2.01. The number of nitriles is 1. The second kappa shape index (κ2) is 6.51. The van der Waals surface area contributed by atoms with Crippen molar-refractivity contribution in [1.29, 1.82) is 5.26 Å². The van der Waals surface area contributed by atoms with Crippen molar-refractivity contribution in [2.75, 3.05) is 12.4 Å². The van der Waals surface area contributed by atoms with E-state index in [1.807, 2.05) is 6.07 Å². The molecule has 0 saturated carbocycles. The highest BCUT2D eigenvalue weighted by atomic mass is 35.5. The van der Waals surface area contributed by atoms with Crippen LogP contribution in [0.15, 0.2) is 36.4 Å². The van der Waals surface area contributed by atoms with E-state index in [4.69, 9.17) is 33.2 Å². The molecule has 0 aliphatic carbocycles. The van der Waals surface area contributed by atoms with Gasteiger partial charge in [0.15, 0.2) is 0 Å². The maximum absolute atomic E-state index is 9.05. The molecule has 0 saturated heterocycles. The molecule has 20 heavy (non-hydrogen) atoms. The van der Waals surface area contributed by atoms with Crippen molar-refractivity contribution in [2.45, 2.75) is 6.54 Å². The summed E-state index contributed by atoms with van der Waals surface area (Å²) < 4.78 is 5.11. The van der Waals surface area contributed by atoms with Crippen molar-refractivity contribution in [3.8, 4) is 11.8 Å². The zero-order valence-corrected chi connectivity index (χ0v) is 12.3. The van der Waals surface area contributed by atoms with Crippen LogP contribution in [-0.2, 0) is 6.54 Å². The van der Waals surface area contributed by atoms with Crippen LogP contribution in [0.5, 0.6) is 5.75 Å². The van der Waals surface area contributed by atoms with Crippen LogP contribution in [0, 0.1) is 11.3 Å². The Morgan fingerprint density at radius 2 is 1.90 bits per heavy atom. The molecule has 0 spiro atoms. The van der Waals surface area contributed by atoms with Gasteiger partial charge in [-0.15, -0.1) is 0 Å². The molecule has 2 rings (SSSR count). The first-order valence-corrected chi connectivity index (χ1v) is 6.66. The number of benzene rings is 2. The normalized spacial score (nSPS) is 9.90. The minimum absolute atomic E-state index is 0.497. The summed E-state index contributed by atoms with van der Waals surface area (Å²) in [7, 11) is 1.54. The van der Waals surface area contributed by atoms with Crippen LogP contribution in [0.2, 0.25) is 10.0 Å². The van der Waals surface area contributed by atoms with E-state index in [-0.39, 0.29) is 0 Å². The van der Waals surface area contributed by atoms with Gasteiger partial charge in [-0.05, 0) is 29.8 Å². The molecule has 0 bridgehead atoms. The monoisotopic (exact) mass is 306 g/mol. The molecule has 2 aromatic rings. The molecular weight excluding hydrogens is 295 g/mol. The zero-order chi connectivity index (χ0) is 14.5. The molecule has 0 heterocycles. The van der Waals surface area contributed by atoms with Crippen LogP contribution < -0.4 is 10.1 Å². The maximum atomic E-state index is 9.05. The van der Waals surface area contributed by atoms with Crippen LogP contribution in [0.3, 0.4) is 0 Å². The van der Waals surface area contributed by atoms with E-state index in [2.05, 4.69) is 11.4 Å². The van der Waals surface area contributed by atoms with Crippen molar-refractivity contribution in [1.82, 2.24) is 0 Å². The lowest BCUT2D eigenvalue weighted by atomic mass is 10.1. The molecule has 0 aliphatic heterocycles. The van der Waals surface area contributed by atoms with Gasteiger partial charge in [0.1, 0.15) is 11.8 Å². The van der Waals surface area contributed by atoms with Gasteiger partial charge in [-0.1, -0.05) is 35.3 Å². The van der Waals surface area contributed by atoms with E-state index in [1.165, 1.54) is 7.11 Å². The van der Waals surface area contributed by atoms with Crippen LogP contribution >= 0.6 is 23.2 Å². The molecule has 0 radical (unpaired) electrons. The van der Waals surface area contributed by atoms with E-state index < -0.39 is 0 Å². The standard InChI is InChI=1S/C15H12Cl2N2O/c1-20-14-6-5-10(7-11(14)8-18)9-19-15-12(16)3-2-4-13(15)17/h2-7,19H,9H2,1H3. The topological polar surface area (TPSA) is 45.0 Å². The molecule has 2 aromatic carbocycles. The number of rotatable bonds is 4. The van der Waals surface area contributed by atoms with Gasteiger partial charge in [0.2, 0.25) is 0 Å². The van der Waals surface area contributed by atoms with E-state index in [1.54, 1.807) is 30.3 Å². The number of methoxy groups -OCH3 is 1. The third-order valence-corrected chi connectivity index (χ3v) is 3.45. The molecule has 0 unspecified atom stereocenters. The first kappa shape index (κ1) is 14.5. The van der Waals surface area contributed by atoms with Gasteiger partial charge in [-0.25, -0.2) is 0 Å². The Kier molecular flexibility index (Phi) is 4.73. The number of nitrogens with zero attached hydrogens (tertiary/aromatic N) is 1. The highest BCUT2D eigenvalue weighted by molar-refractivity contribution is 6.39. The number of ether oxygens (including phenoxy) is 1. The smallest absolute Gasteiger partial charge is 0.136 e. The Morgan fingerprint density at radius 1 is 1.20 bits per heavy atom. The third kappa shape index (κ3) is 3.16. The first-order chi connectivity index (χ1) is 9.65. The lowest BCUT2D eigenvalue weighted by Gasteiger charge is -2.11. The summed E-state index contributed by atoms with van der Waals surface area (Å²) in [6.45, 7) is 0.516. The molecular formula is C15H12Cl2N2O. The number of anilines is 1. The van der Waals surface area contributed by atoms with E-state index in [0.717, 1.165) is 5.56 Å². The van der Waals surface area contributed by atoms with Crippen LogP contribution in [0.1, 0.15) is 11.1 Å². The van der Waals surface area contributed by atoms with Gasteiger partial charge >= 0.3 is 0 Å². The van der Waals surface area contributed by atoms with Crippen LogP contribution in [0.25, 0.3) is 0 Å². The van der Waals surface area contributed by atoms with Gasteiger partial charge in [-0.2, -0.15) is 5.26 Å². The van der Waals surface area contributed by atoms with E-state index in [9.17, 15) is 0 Å². The quantitative estimate of drug-likeness (QED) is 0.905. The predicted octanol–water partition coefficient (Wildman–Crippen LogP) is 4.49. The van der Waals surface area contributed by atoms with Crippen LogP contribution in [-0.4, -0.2) is 7.11 Å². The summed E-state index contributed by atoms with van der Waals surface area (Å²) in [5.74, 6) is 0.562.